The van der Waals surface area contributed by atoms with Crippen molar-refractivity contribution in [2.24, 2.45) is 0 Å². The quantitative estimate of drug-likeness (QED) is 0.853. The maximum absolute atomic E-state index is 12.9. The van der Waals surface area contributed by atoms with E-state index in [9.17, 15) is 4.39 Å². The molecule has 2 aromatic rings. The lowest BCUT2D eigenvalue weighted by Gasteiger charge is -2.20. The summed E-state index contributed by atoms with van der Waals surface area (Å²) in [6, 6.07) is 6.51. The summed E-state index contributed by atoms with van der Waals surface area (Å²) in [5, 5.41) is 4.47. The average Bonchev–Trinajstić information content (AvgIpc) is 2.67. The molecule has 0 spiro atoms. The molecule has 0 saturated carbocycles. The first-order chi connectivity index (χ1) is 9.02. The van der Waals surface area contributed by atoms with Gasteiger partial charge in [0.2, 0.25) is 0 Å². The summed E-state index contributed by atoms with van der Waals surface area (Å²) in [6.45, 7) is 5.61. The Morgan fingerprint density at radius 3 is 2.53 bits per heavy atom. The smallest absolute Gasteiger partial charge is 0.123 e. The van der Waals surface area contributed by atoms with E-state index in [-0.39, 0.29) is 5.82 Å². The minimum Gasteiger partial charge on any atom is -0.369 e. The van der Waals surface area contributed by atoms with Crippen molar-refractivity contribution in [3.63, 3.8) is 0 Å². The Balaban J connectivity index is 2.23. The molecular formula is C14H17BrFN3. The molecule has 0 aliphatic rings. The summed E-state index contributed by atoms with van der Waals surface area (Å²) in [6.07, 6.45) is 0. The van der Waals surface area contributed by atoms with Crippen molar-refractivity contribution in [2.45, 2.75) is 26.9 Å². The predicted molar refractivity (Wildman–Crippen MR) is 78.8 cm³/mol. The molecule has 0 amide bonds. The van der Waals surface area contributed by atoms with E-state index in [4.69, 9.17) is 0 Å². The van der Waals surface area contributed by atoms with Crippen molar-refractivity contribution in [3.8, 4) is 0 Å². The normalized spacial score (nSPS) is 10.8. The van der Waals surface area contributed by atoms with E-state index in [1.165, 1.54) is 12.1 Å². The minimum atomic E-state index is -0.215. The minimum absolute atomic E-state index is 0.215. The zero-order chi connectivity index (χ0) is 14.0. The molecule has 3 nitrogen and oxygen atoms in total. The second-order valence-corrected chi connectivity index (χ2v) is 5.29. The van der Waals surface area contributed by atoms with E-state index in [0.29, 0.717) is 0 Å². The van der Waals surface area contributed by atoms with Gasteiger partial charge in [-0.1, -0.05) is 0 Å². The maximum atomic E-state index is 12.9. The largest absolute Gasteiger partial charge is 0.369 e. The summed E-state index contributed by atoms with van der Waals surface area (Å²) in [4.78, 5) is 2.08. The number of hydrogen-bond acceptors (Lipinski definition) is 2. The van der Waals surface area contributed by atoms with E-state index >= 15 is 0 Å². The van der Waals surface area contributed by atoms with Gasteiger partial charge >= 0.3 is 0 Å². The van der Waals surface area contributed by atoms with Gasteiger partial charge < -0.3 is 4.90 Å². The van der Waals surface area contributed by atoms with E-state index in [0.717, 1.165) is 34.6 Å². The summed E-state index contributed by atoms with van der Waals surface area (Å²) in [5.41, 5.74) is 3.10. The number of aromatic nitrogens is 2. The summed E-state index contributed by atoms with van der Waals surface area (Å²) in [7, 11) is 1.99. The number of anilines is 1. The third-order valence-electron chi connectivity index (χ3n) is 3.11. The van der Waals surface area contributed by atoms with Crippen LogP contribution in [-0.2, 0) is 13.1 Å². The third kappa shape index (κ3) is 2.97. The second-order valence-electron chi connectivity index (χ2n) is 4.49. The summed E-state index contributed by atoms with van der Waals surface area (Å²) >= 11 is 3.58. The molecule has 1 aromatic carbocycles. The number of benzene rings is 1. The Labute approximate surface area is 121 Å². The fraction of sp³-hybridized carbons (Fsp3) is 0.357. The Bertz CT molecular complexity index is 563. The van der Waals surface area contributed by atoms with Crippen LogP contribution in [0.1, 0.15) is 18.3 Å². The highest BCUT2D eigenvalue weighted by Gasteiger charge is 2.14. The lowest BCUT2D eigenvalue weighted by atomic mass is 10.2. The molecule has 5 heteroatoms. The van der Waals surface area contributed by atoms with Crippen molar-refractivity contribution in [1.29, 1.82) is 0 Å². The first-order valence-corrected chi connectivity index (χ1v) is 7.00. The van der Waals surface area contributed by atoms with Crippen LogP contribution in [0.3, 0.4) is 0 Å². The highest BCUT2D eigenvalue weighted by molar-refractivity contribution is 9.10. The number of halogens is 2. The molecule has 0 unspecified atom stereocenters. The van der Waals surface area contributed by atoms with Gasteiger partial charge in [0.25, 0.3) is 0 Å². The van der Waals surface area contributed by atoms with Crippen LogP contribution in [0.15, 0.2) is 28.7 Å². The van der Waals surface area contributed by atoms with E-state index < -0.39 is 0 Å². The van der Waals surface area contributed by atoms with Crippen LogP contribution >= 0.6 is 15.9 Å². The van der Waals surface area contributed by atoms with Gasteiger partial charge in [-0.15, -0.1) is 0 Å². The SMILES string of the molecule is CCn1nc(C)c(Br)c1CN(C)c1ccc(F)cc1. The first-order valence-electron chi connectivity index (χ1n) is 6.21. The third-order valence-corrected chi connectivity index (χ3v) is 4.14. The monoisotopic (exact) mass is 325 g/mol. The molecule has 0 aliphatic heterocycles. The molecule has 0 aliphatic carbocycles. The van der Waals surface area contributed by atoms with Crippen LogP contribution in [-0.4, -0.2) is 16.8 Å². The van der Waals surface area contributed by atoms with Crippen molar-refractivity contribution in [3.05, 3.63) is 45.9 Å². The van der Waals surface area contributed by atoms with Gasteiger partial charge in [0.1, 0.15) is 5.82 Å². The Morgan fingerprint density at radius 1 is 1.32 bits per heavy atom. The molecule has 0 N–H and O–H groups in total. The van der Waals surface area contributed by atoms with Crippen LogP contribution in [0.2, 0.25) is 0 Å². The zero-order valence-corrected chi connectivity index (χ0v) is 12.9. The highest BCUT2D eigenvalue weighted by atomic mass is 79.9. The van der Waals surface area contributed by atoms with Gasteiger partial charge in [0.05, 0.1) is 22.4 Å². The zero-order valence-electron chi connectivity index (χ0n) is 11.3. The molecule has 0 saturated heterocycles. The second kappa shape index (κ2) is 5.74. The first kappa shape index (κ1) is 14.1. The predicted octanol–water partition coefficient (Wildman–Crippen LogP) is 3.75. The molecular weight excluding hydrogens is 309 g/mol. The van der Waals surface area contributed by atoms with Crippen molar-refractivity contribution in [2.75, 3.05) is 11.9 Å². The Hall–Kier alpha value is -1.36. The van der Waals surface area contributed by atoms with Crippen molar-refractivity contribution >= 4 is 21.6 Å². The van der Waals surface area contributed by atoms with E-state index in [1.807, 2.05) is 18.7 Å². The molecule has 0 bridgehead atoms. The number of rotatable bonds is 4. The summed E-state index contributed by atoms with van der Waals surface area (Å²) in [5.74, 6) is -0.215. The number of aryl methyl sites for hydroxylation is 2. The van der Waals surface area contributed by atoms with Gasteiger partial charge in [0, 0.05) is 19.3 Å². The number of nitrogens with zero attached hydrogens (tertiary/aromatic N) is 3. The molecule has 102 valence electrons. The molecule has 1 heterocycles. The Morgan fingerprint density at radius 2 is 1.95 bits per heavy atom. The fourth-order valence-corrected chi connectivity index (χ4v) is 2.44. The van der Waals surface area contributed by atoms with Crippen LogP contribution in [0.4, 0.5) is 10.1 Å². The average molecular weight is 326 g/mol. The van der Waals surface area contributed by atoms with Gasteiger partial charge in [-0.05, 0) is 54.0 Å². The van der Waals surface area contributed by atoms with Crippen molar-refractivity contribution in [1.82, 2.24) is 9.78 Å². The maximum Gasteiger partial charge on any atom is 0.123 e. The van der Waals surface area contributed by atoms with Crippen LogP contribution in [0, 0.1) is 12.7 Å². The molecule has 0 radical (unpaired) electrons. The van der Waals surface area contributed by atoms with Crippen LogP contribution < -0.4 is 4.90 Å². The molecule has 1 aromatic heterocycles. The highest BCUT2D eigenvalue weighted by Crippen LogP contribution is 2.24. The summed E-state index contributed by atoms with van der Waals surface area (Å²) < 4.78 is 16.0. The van der Waals surface area contributed by atoms with Crippen LogP contribution in [0.5, 0.6) is 0 Å². The van der Waals surface area contributed by atoms with Crippen molar-refractivity contribution < 1.29 is 4.39 Å². The van der Waals surface area contributed by atoms with Gasteiger partial charge in [-0.3, -0.25) is 4.68 Å². The van der Waals surface area contributed by atoms with Gasteiger partial charge in [0.15, 0.2) is 0 Å². The number of hydrogen-bond donors (Lipinski definition) is 0. The van der Waals surface area contributed by atoms with E-state index in [1.54, 1.807) is 12.1 Å². The molecule has 2 rings (SSSR count). The Kier molecular flexibility index (Phi) is 4.24. The van der Waals surface area contributed by atoms with Crippen LogP contribution in [0.25, 0.3) is 0 Å². The fourth-order valence-electron chi connectivity index (χ4n) is 2.03. The lowest BCUT2D eigenvalue weighted by molar-refractivity contribution is 0.611. The lowest BCUT2D eigenvalue weighted by Crippen LogP contribution is -2.19. The van der Waals surface area contributed by atoms with E-state index in [2.05, 4.69) is 32.9 Å². The molecule has 0 atom stereocenters. The standard InChI is InChI=1S/C14H17BrFN3/c1-4-19-13(14(15)10(2)17-19)9-18(3)12-7-5-11(16)6-8-12/h5-8H,4,9H2,1-3H3. The molecule has 19 heavy (non-hydrogen) atoms. The van der Waals surface area contributed by atoms with Gasteiger partial charge in [-0.2, -0.15) is 5.10 Å². The van der Waals surface area contributed by atoms with Gasteiger partial charge in [-0.25, -0.2) is 4.39 Å². The molecule has 0 fully saturated rings. The topological polar surface area (TPSA) is 21.1 Å².